The average molecular weight is 304 g/mol. The maximum Gasteiger partial charge on any atom is 0.251 e. The van der Waals surface area contributed by atoms with E-state index in [9.17, 15) is 9.18 Å². The quantitative estimate of drug-likeness (QED) is 0.850. The smallest absolute Gasteiger partial charge is 0.251 e. The minimum atomic E-state index is -0.474. The molecule has 1 N–H and O–H groups in total. The van der Waals surface area contributed by atoms with E-state index in [0.29, 0.717) is 5.56 Å². The van der Waals surface area contributed by atoms with Crippen molar-refractivity contribution in [2.24, 2.45) is 0 Å². The molecule has 0 radical (unpaired) electrons. The Morgan fingerprint density at radius 3 is 2.88 bits per heavy atom. The van der Waals surface area contributed by atoms with E-state index in [4.69, 9.17) is 4.74 Å². The highest BCUT2D eigenvalue weighted by atomic mass is 79.9. The van der Waals surface area contributed by atoms with Crippen LogP contribution < -0.4 is 10.1 Å². The molecule has 0 aliphatic rings. The van der Waals surface area contributed by atoms with Crippen LogP contribution in [0.1, 0.15) is 23.7 Å². The summed E-state index contributed by atoms with van der Waals surface area (Å²) >= 11 is 3.31. The molecule has 0 spiro atoms. The number of carbonyl (C=O) groups is 1. The van der Waals surface area contributed by atoms with Crippen molar-refractivity contribution in [1.29, 1.82) is 0 Å². The van der Waals surface area contributed by atoms with Gasteiger partial charge in [0, 0.05) is 16.9 Å². The number of rotatable bonds is 5. The van der Waals surface area contributed by atoms with Gasteiger partial charge in [-0.2, -0.15) is 0 Å². The van der Waals surface area contributed by atoms with Crippen molar-refractivity contribution < 1.29 is 13.9 Å². The van der Waals surface area contributed by atoms with Crippen molar-refractivity contribution >= 4 is 21.8 Å². The molecule has 0 bridgehead atoms. The summed E-state index contributed by atoms with van der Waals surface area (Å²) in [5, 5.41) is 3.64. The molecule has 0 aliphatic carbocycles. The summed E-state index contributed by atoms with van der Waals surface area (Å²) in [6, 6.07) is 4.13. The predicted molar refractivity (Wildman–Crippen MR) is 68.3 cm³/mol. The van der Waals surface area contributed by atoms with E-state index in [-0.39, 0.29) is 17.7 Å². The second-order valence-corrected chi connectivity index (χ2v) is 4.49. The van der Waals surface area contributed by atoms with Crippen LogP contribution in [0.25, 0.3) is 0 Å². The van der Waals surface area contributed by atoms with Crippen molar-refractivity contribution in [2.75, 3.05) is 12.4 Å². The molecule has 5 heteroatoms. The van der Waals surface area contributed by atoms with E-state index >= 15 is 0 Å². The van der Waals surface area contributed by atoms with Gasteiger partial charge in [0.15, 0.2) is 11.6 Å². The molecular formula is C12H15BrFNO2. The lowest BCUT2D eigenvalue weighted by Crippen LogP contribution is -2.32. The summed E-state index contributed by atoms with van der Waals surface area (Å²) in [4.78, 5) is 11.8. The van der Waals surface area contributed by atoms with Crippen LogP contribution in [-0.4, -0.2) is 24.4 Å². The normalized spacial score (nSPS) is 12.0. The minimum absolute atomic E-state index is 0.0675. The fourth-order valence-corrected chi connectivity index (χ4v) is 2.03. The maximum atomic E-state index is 13.2. The topological polar surface area (TPSA) is 38.3 Å². The molecule has 3 nitrogen and oxygen atoms in total. The van der Waals surface area contributed by atoms with E-state index in [2.05, 4.69) is 21.2 Å². The summed E-state index contributed by atoms with van der Waals surface area (Å²) in [5.41, 5.74) is 0.393. The van der Waals surface area contributed by atoms with Crippen LogP contribution in [0.2, 0.25) is 0 Å². The first kappa shape index (κ1) is 14.0. The van der Waals surface area contributed by atoms with Gasteiger partial charge in [-0.25, -0.2) is 4.39 Å². The SMILES string of the molecule is COc1cc(C(=O)NC(C)CCBr)ccc1F. The Morgan fingerprint density at radius 2 is 2.29 bits per heavy atom. The third-order valence-corrected chi connectivity index (χ3v) is 2.79. The van der Waals surface area contributed by atoms with Crippen LogP contribution in [0, 0.1) is 5.82 Å². The van der Waals surface area contributed by atoms with E-state index in [0.717, 1.165) is 11.8 Å². The summed E-state index contributed by atoms with van der Waals surface area (Å²) in [6.07, 6.45) is 0.837. The van der Waals surface area contributed by atoms with Crippen LogP contribution in [0.5, 0.6) is 5.75 Å². The number of carbonyl (C=O) groups excluding carboxylic acids is 1. The second-order valence-electron chi connectivity index (χ2n) is 3.70. The molecule has 0 fully saturated rings. The molecule has 1 atom stereocenters. The van der Waals surface area contributed by atoms with E-state index in [1.807, 2.05) is 6.92 Å². The van der Waals surface area contributed by atoms with Gasteiger partial charge < -0.3 is 10.1 Å². The Labute approximate surface area is 108 Å². The Kier molecular flexibility index (Phi) is 5.41. The molecule has 1 aromatic carbocycles. The van der Waals surface area contributed by atoms with Crippen LogP contribution >= 0.6 is 15.9 Å². The van der Waals surface area contributed by atoms with Crippen LogP contribution in [-0.2, 0) is 0 Å². The van der Waals surface area contributed by atoms with Gasteiger partial charge in [0.05, 0.1) is 7.11 Å². The maximum absolute atomic E-state index is 13.2. The molecule has 1 amide bonds. The van der Waals surface area contributed by atoms with Gasteiger partial charge in [0.2, 0.25) is 0 Å². The number of alkyl halides is 1. The number of methoxy groups -OCH3 is 1. The molecule has 1 aromatic rings. The Balaban J connectivity index is 2.75. The van der Waals surface area contributed by atoms with E-state index in [1.54, 1.807) is 0 Å². The molecule has 17 heavy (non-hydrogen) atoms. The van der Waals surface area contributed by atoms with Crippen LogP contribution in [0.15, 0.2) is 18.2 Å². The molecule has 0 aromatic heterocycles. The number of benzene rings is 1. The lowest BCUT2D eigenvalue weighted by Gasteiger charge is -2.12. The average Bonchev–Trinajstić information content (AvgIpc) is 2.29. The lowest BCUT2D eigenvalue weighted by molar-refractivity contribution is 0.0939. The van der Waals surface area contributed by atoms with Gasteiger partial charge in [-0.1, -0.05) is 15.9 Å². The molecule has 0 heterocycles. The van der Waals surface area contributed by atoms with Crippen molar-refractivity contribution in [3.63, 3.8) is 0 Å². The first-order chi connectivity index (χ1) is 8.08. The molecule has 0 saturated heterocycles. The summed E-state index contributed by atoms with van der Waals surface area (Å²) < 4.78 is 18.0. The van der Waals surface area contributed by atoms with Crippen molar-refractivity contribution in [2.45, 2.75) is 19.4 Å². The van der Waals surface area contributed by atoms with Crippen molar-refractivity contribution in [3.05, 3.63) is 29.6 Å². The summed E-state index contributed by atoms with van der Waals surface area (Å²) in [6.45, 7) is 1.92. The number of halogens is 2. The highest BCUT2D eigenvalue weighted by molar-refractivity contribution is 9.09. The fourth-order valence-electron chi connectivity index (χ4n) is 1.34. The first-order valence-electron chi connectivity index (χ1n) is 5.29. The number of hydrogen-bond donors (Lipinski definition) is 1. The van der Waals surface area contributed by atoms with Gasteiger partial charge in [0.25, 0.3) is 5.91 Å². The molecular weight excluding hydrogens is 289 g/mol. The Hall–Kier alpha value is -1.10. The molecule has 1 unspecified atom stereocenters. The largest absolute Gasteiger partial charge is 0.494 e. The van der Waals surface area contributed by atoms with Gasteiger partial charge in [0.1, 0.15) is 0 Å². The second kappa shape index (κ2) is 6.59. The predicted octanol–water partition coefficient (Wildman–Crippen LogP) is 2.74. The van der Waals surface area contributed by atoms with Crippen LogP contribution in [0.3, 0.4) is 0 Å². The van der Waals surface area contributed by atoms with Gasteiger partial charge in [-0.05, 0) is 31.5 Å². The van der Waals surface area contributed by atoms with Gasteiger partial charge >= 0.3 is 0 Å². The third kappa shape index (κ3) is 4.00. The Morgan fingerprint density at radius 1 is 1.59 bits per heavy atom. The molecule has 1 rings (SSSR count). The lowest BCUT2D eigenvalue weighted by atomic mass is 10.1. The number of amides is 1. The van der Waals surface area contributed by atoms with E-state index < -0.39 is 5.82 Å². The summed E-state index contributed by atoms with van der Waals surface area (Å²) in [7, 11) is 1.37. The number of hydrogen-bond acceptors (Lipinski definition) is 2. The molecule has 94 valence electrons. The van der Waals surface area contributed by atoms with Crippen molar-refractivity contribution in [1.82, 2.24) is 5.32 Å². The van der Waals surface area contributed by atoms with Crippen LogP contribution in [0.4, 0.5) is 4.39 Å². The monoisotopic (exact) mass is 303 g/mol. The minimum Gasteiger partial charge on any atom is -0.494 e. The highest BCUT2D eigenvalue weighted by Crippen LogP contribution is 2.18. The number of nitrogens with one attached hydrogen (secondary N) is 1. The Bertz CT molecular complexity index is 398. The molecule has 0 aliphatic heterocycles. The third-order valence-electron chi connectivity index (χ3n) is 2.33. The fraction of sp³-hybridized carbons (Fsp3) is 0.417. The zero-order valence-corrected chi connectivity index (χ0v) is 11.4. The first-order valence-corrected chi connectivity index (χ1v) is 6.41. The van der Waals surface area contributed by atoms with Gasteiger partial charge in [-0.3, -0.25) is 4.79 Å². The zero-order valence-electron chi connectivity index (χ0n) is 9.80. The standard InChI is InChI=1S/C12H15BrFNO2/c1-8(5-6-13)15-12(16)9-3-4-10(14)11(7-9)17-2/h3-4,7-8H,5-6H2,1-2H3,(H,15,16). The van der Waals surface area contributed by atoms with Gasteiger partial charge in [-0.15, -0.1) is 0 Å². The molecule has 0 saturated carbocycles. The van der Waals surface area contributed by atoms with Crippen molar-refractivity contribution in [3.8, 4) is 5.75 Å². The highest BCUT2D eigenvalue weighted by Gasteiger charge is 2.12. The van der Waals surface area contributed by atoms with E-state index in [1.165, 1.54) is 25.3 Å². The zero-order chi connectivity index (χ0) is 12.8. The number of ether oxygens (including phenoxy) is 1. The summed E-state index contributed by atoms with van der Waals surface area (Å²) in [5.74, 6) is -0.625.